The van der Waals surface area contributed by atoms with Crippen molar-refractivity contribution in [2.24, 2.45) is 11.5 Å². The van der Waals surface area contributed by atoms with Gasteiger partial charge in [-0.25, -0.2) is 4.98 Å². The first-order valence-electron chi connectivity index (χ1n) is 8.32. The quantitative estimate of drug-likeness (QED) is 0.496. The number of benzene rings is 1. The van der Waals surface area contributed by atoms with E-state index >= 15 is 0 Å². The minimum Gasteiger partial charge on any atom is -0.368 e. The van der Waals surface area contributed by atoms with Crippen molar-refractivity contribution in [2.45, 2.75) is 19.4 Å². The Bertz CT molecular complexity index is 1010. The van der Waals surface area contributed by atoms with Crippen molar-refractivity contribution in [1.29, 1.82) is 0 Å². The Hall–Kier alpha value is -3.75. The summed E-state index contributed by atoms with van der Waals surface area (Å²) in [5.74, 6) is -0.818. The maximum absolute atomic E-state index is 11.7. The van der Waals surface area contributed by atoms with Crippen LogP contribution in [0.3, 0.4) is 0 Å². The summed E-state index contributed by atoms with van der Waals surface area (Å²) in [6.45, 7) is 1.81. The second kappa shape index (κ2) is 7.65. The Balaban J connectivity index is 1.94. The van der Waals surface area contributed by atoms with Crippen molar-refractivity contribution in [3.05, 3.63) is 48.3 Å². The highest BCUT2D eigenvalue weighted by molar-refractivity contribution is 5.98. The van der Waals surface area contributed by atoms with Crippen LogP contribution in [-0.4, -0.2) is 32.8 Å². The number of primary amides is 2. The first-order chi connectivity index (χ1) is 13.0. The highest BCUT2D eigenvalue weighted by atomic mass is 16.1. The highest BCUT2D eigenvalue weighted by Gasteiger charge is 2.17. The molecule has 2 amide bonds. The number of hydrogen-bond acceptors (Lipinski definition) is 7. The SMILES string of the molecule is CC[C@@H](Nc1ncc(C(N)=O)c(Nc2ccc3cccnc3c2)n1)C(N)=O. The molecule has 0 saturated heterocycles. The lowest BCUT2D eigenvalue weighted by Crippen LogP contribution is -2.35. The van der Waals surface area contributed by atoms with E-state index in [0.717, 1.165) is 10.9 Å². The van der Waals surface area contributed by atoms with E-state index in [1.165, 1.54) is 6.20 Å². The normalized spacial score (nSPS) is 11.7. The van der Waals surface area contributed by atoms with Gasteiger partial charge in [0.05, 0.1) is 5.52 Å². The third kappa shape index (κ3) is 4.09. The van der Waals surface area contributed by atoms with Crippen LogP contribution in [0.5, 0.6) is 0 Å². The molecular formula is C18H19N7O2. The van der Waals surface area contributed by atoms with Gasteiger partial charge >= 0.3 is 0 Å². The number of anilines is 3. The number of rotatable bonds is 7. The molecule has 0 unspecified atom stereocenters. The minimum absolute atomic E-state index is 0.119. The van der Waals surface area contributed by atoms with Gasteiger partial charge in [0.15, 0.2) is 0 Å². The summed E-state index contributed by atoms with van der Waals surface area (Å²) < 4.78 is 0. The monoisotopic (exact) mass is 365 g/mol. The lowest BCUT2D eigenvalue weighted by Gasteiger charge is -2.15. The van der Waals surface area contributed by atoms with Crippen LogP contribution in [0.15, 0.2) is 42.7 Å². The molecule has 138 valence electrons. The molecule has 0 aliphatic carbocycles. The first kappa shape index (κ1) is 18.1. The van der Waals surface area contributed by atoms with Crippen LogP contribution in [0.4, 0.5) is 17.5 Å². The van der Waals surface area contributed by atoms with Gasteiger partial charge in [0.1, 0.15) is 17.4 Å². The Kier molecular flexibility index (Phi) is 5.11. The van der Waals surface area contributed by atoms with Gasteiger partial charge in [-0.05, 0) is 24.6 Å². The van der Waals surface area contributed by atoms with Crippen LogP contribution in [0.2, 0.25) is 0 Å². The molecule has 0 saturated carbocycles. The molecule has 3 aromatic rings. The van der Waals surface area contributed by atoms with E-state index in [9.17, 15) is 9.59 Å². The highest BCUT2D eigenvalue weighted by Crippen LogP contribution is 2.23. The number of carbonyl (C=O) groups excluding carboxylic acids is 2. The zero-order valence-electron chi connectivity index (χ0n) is 14.6. The summed E-state index contributed by atoms with van der Waals surface area (Å²) in [7, 11) is 0. The lowest BCUT2D eigenvalue weighted by molar-refractivity contribution is -0.118. The van der Waals surface area contributed by atoms with Crippen LogP contribution in [0.1, 0.15) is 23.7 Å². The Morgan fingerprint density at radius 1 is 1.19 bits per heavy atom. The van der Waals surface area contributed by atoms with Gasteiger partial charge in [0.2, 0.25) is 11.9 Å². The van der Waals surface area contributed by atoms with E-state index < -0.39 is 17.9 Å². The van der Waals surface area contributed by atoms with Crippen molar-refractivity contribution in [3.8, 4) is 0 Å². The van der Waals surface area contributed by atoms with Crippen LogP contribution in [0, 0.1) is 0 Å². The van der Waals surface area contributed by atoms with Gasteiger partial charge < -0.3 is 22.1 Å². The lowest BCUT2D eigenvalue weighted by atomic mass is 10.2. The molecule has 9 nitrogen and oxygen atoms in total. The molecule has 2 aromatic heterocycles. The molecule has 6 N–H and O–H groups in total. The van der Waals surface area contributed by atoms with Gasteiger partial charge in [-0.1, -0.05) is 19.1 Å². The zero-order chi connectivity index (χ0) is 19.4. The molecule has 0 spiro atoms. The molecule has 0 aliphatic heterocycles. The van der Waals surface area contributed by atoms with E-state index in [1.807, 2.05) is 30.3 Å². The molecule has 0 aliphatic rings. The maximum atomic E-state index is 11.7. The van der Waals surface area contributed by atoms with E-state index in [0.29, 0.717) is 12.1 Å². The summed E-state index contributed by atoms with van der Waals surface area (Å²) in [6.07, 6.45) is 3.46. The number of aromatic nitrogens is 3. The van der Waals surface area contributed by atoms with Crippen molar-refractivity contribution in [3.63, 3.8) is 0 Å². The van der Waals surface area contributed by atoms with Gasteiger partial charge in [-0.15, -0.1) is 0 Å². The fourth-order valence-electron chi connectivity index (χ4n) is 2.54. The van der Waals surface area contributed by atoms with Gasteiger partial charge in [-0.3, -0.25) is 14.6 Å². The molecule has 0 fully saturated rings. The molecular weight excluding hydrogens is 346 g/mol. The molecule has 0 radical (unpaired) electrons. The van der Waals surface area contributed by atoms with E-state index in [2.05, 4.69) is 25.6 Å². The smallest absolute Gasteiger partial charge is 0.254 e. The first-order valence-corrected chi connectivity index (χ1v) is 8.32. The summed E-state index contributed by atoms with van der Waals surface area (Å²) >= 11 is 0. The minimum atomic E-state index is -0.676. The molecule has 3 rings (SSSR count). The van der Waals surface area contributed by atoms with Crippen LogP contribution in [-0.2, 0) is 4.79 Å². The van der Waals surface area contributed by atoms with Crippen LogP contribution >= 0.6 is 0 Å². The van der Waals surface area contributed by atoms with Crippen LogP contribution in [0.25, 0.3) is 10.9 Å². The van der Waals surface area contributed by atoms with Gasteiger partial charge in [0, 0.05) is 23.5 Å². The van der Waals surface area contributed by atoms with Crippen molar-refractivity contribution < 1.29 is 9.59 Å². The van der Waals surface area contributed by atoms with Gasteiger partial charge in [0.25, 0.3) is 5.91 Å². The van der Waals surface area contributed by atoms with E-state index in [1.54, 1.807) is 13.1 Å². The number of hydrogen-bond donors (Lipinski definition) is 4. The molecule has 2 heterocycles. The molecule has 1 aromatic carbocycles. The predicted octanol–water partition coefficient (Wildman–Crippen LogP) is 1.54. The summed E-state index contributed by atoms with van der Waals surface area (Å²) in [4.78, 5) is 35.8. The fourth-order valence-corrected chi connectivity index (χ4v) is 2.54. The number of nitrogens with two attached hydrogens (primary N) is 2. The predicted molar refractivity (Wildman–Crippen MR) is 102 cm³/mol. The zero-order valence-corrected chi connectivity index (χ0v) is 14.6. The molecule has 1 atom stereocenters. The average Bonchev–Trinajstić information content (AvgIpc) is 2.65. The number of nitrogens with one attached hydrogen (secondary N) is 2. The largest absolute Gasteiger partial charge is 0.368 e. The molecule has 0 bridgehead atoms. The fraction of sp³-hybridized carbons (Fsp3) is 0.167. The van der Waals surface area contributed by atoms with E-state index in [-0.39, 0.29) is 17.3 Å². The summed E-state index contributed by atoms with van der Waals surface area (Å²) in [5.41, 5.74) is 12.3. The Morgan fingerprint density at radius 3 is 2.70 bits per heavy atom. The Labute approximate surface area is 155 Å². The maximum Gasteiger partial charge on any atom is 0.254 e. The van der Waals surface area contributed by atoms with Crippen molar-refractivity contribution >= 4 is 40.2 Å². The third-order valence-electron chi connectivity index (χ3n) is 3.98. The summed E-state index contributed by atoms with van der Waals surface area (Å²) in [5, 5.41) is 6.89. The third-order valence-corrected chi connectivity index (χ3v) is 3.98. The summed E-state index contributed by atoms with van der Waals surface area (Å²) in [6, 6.07) is 8.74. The van der Waals surface area contributed by atoms with Gasteiger partial charge in [-0.2, -0.15) is 4.98 Å². The van der Waals surface area contributed by atoms with E-state index in [4.69, 9.17) is 11.5 Å². The number of pyridine rings is 1. The number of amides is 2. The number of nitrogens with zero attached hydrogens (tertiary/aromatic N) is 3. The van der Waals surface area contributed by atoms with Crippen molar-refractivity contribution in [2.75, 3.05) is 10.6 Å². The number of fused-ring (bicyclic) bond motifs is 1. The van der Waals surface area contributed by atoms with Crippen molar-refractivity contribution in [1.82, 2.24) is 15.0 Å². The standard InChI is InChI=1S/C18H19N7O2/c1-2-13(16(20)27)24-18-22-9-12(15(19)26)17(25-18)23-11-6-5-10-4-3-7-21-14(10)8-11/h3-9,13H,2H2,1H3,(H2,19,26)(H2,20,27)(H2,22,23,24,25)/t13-/m1/s1. The molecule has 9 heteroatoms. The average molecular weight is 365 g/mol. The molecule has 27 heavy (non-hydrogen) atoms. The Morgan fingerprint density at radius 2 is 2.00 bits per heavy atom. The van der Waals surface area contributed by atoms with Crippen LogP contribution < -0.4 is 22.1 Å². The second-order valence-corrected chi connectivity index (χ2v) is 5.86. The number of carbonyl (C=O) groups is 2. The second-order valence-electron chi connectivity index (χ2n) is 5.86. The topological polar surface area (TPSA) is 149 Å².